The zero-order valence-electron chi connectivity index (χ0n) is 7.00. The minimum Gasteiger partial charge on any atom is -0.356 e. The monoisotopic (exact) mass is 172 g/mol. The largest absolute Gasteiger partial charge is 0.356 e. The Bertz CT molecular complexity index is 179. The molecule has 0 aliphatic rings. The van der Waals surface area contributed by atoms with E-state index in [1.54, 1.807) is 0 Å². The molecule has 1 N–H and O–H groups in total. The van der Waals surface area contributed by atoms with Gasteiger partial charge in [0.25, 0.3) is 5.91 Å². The van der Waals surface area contributed by atoms with Crippen LogP contribution in [0.4, 0.5) is 0 Å². The summed E-state index contributed by atoms with van der Waals surface area (Å²) in [5, 5.41) is 4.75. The fourth-order valence-electron chi connectivity index (χ4n) is 0.619. The lowest BCUT2D eigenvalue weighted by Crippen LogP contribution is -2.24. The van der Waals surface area contributed by atoms with Crippen molar-refractivity contribution in [1.29, 1.82) is 0 Å². The number of hydrogen-bond donors (Lipinski definition) is 1. The average molecular weight is 172 g/mol. The van der Waals surface area contributed by atoms with Crippen LogP contribution in [0, 0.1) is 4.91 Å². The lowest BCUT2D eigenvalue weighted by atomic mass is 10.3. The molecule has 0 aromatic heterocycles. The molecule has 0 atom stereocenters. The van der Waals surface area contributed by atoms with Gasteiger partial charge < -0.3 is 5.32 Å². The number of amides is 2. The second-order valence-corrected chi connectivity index (χ2v) is 2.33. The van der Waals surface area contributed by atoms with Crippen molar-refractivity contribution in [2.45, 2.75) is 26.2 Å². The molecular formula is C7H12N2O3. The van der Waals surface area contributed by atoms with E-state index in [2.05, 4.69) is 10.5 Å². The van der Waals surface area contributed by atoms with Crippen molar-refractivity contribution < 1.29 is 9.59 Å². The van der Waals surface area contributed by atoms with Gasteiger partial charge in [0.05, 0.1) is 0 Å². The van der Waals surface area contributed by atoms with E-state index in [1.165, 1.54) is 0 Å². The van der Waals surface area contributed by atoms with Crippen molar-refractivity contribution in [2.24, 2.45) is 5.18 Å². The summed E-state index contributed by atoms with van der Waals surface area (Å²) in [6.45, 7) is 2.53. The summed E-state index contributed by atoms with van der Waals surface area (Å²) in [7, 11) is 0. The van der Waals surface area contributed by atoms with Crippen LogP contribution in [0.3, 0.4) is 0 Å². The average Bonchev–Trinajstić information content (AvgIpc) is 2.10. The lowest BCUT2D eigenvalue weighted by molar-refractivity contribution is -0.124. The normalized spacial score (nSPS) is 9.08. The molecule has 0 aliphatic carbocycles. The van der Waals surface area contributed by atoms with E-state index in [4.69, 9.17) is 0 Å². The zero-order chi connectivity index (χ0) is 9.40. The highest BCUT2D eigenvalue weighted by Gasteiger charge is 2.05. The van der Waals surface area contributed by atoms with Crippen molar-refractivity contribution in [3.63, 3.8) is 0 Å². The van der Waals surface area contributed by atoms with Crippen LogP contribution in [-0.4, -0.2) is 18.4 Å². The number of nitrogens with one attached hydrogen (secondary N) is 1. The van der Waals surface area contributed by atoms with Crippen LogP contribution in [0.15, 0.2) is 5.18 Å². The van der Waals surface area contributed by atoms with Crippen molar-refractivity contribution >= 4 is 11.8 Å². The molecule has 5 nitrogen and oxygen atoms in total. The van der Waals surface area contributed by atoms with Gasteiger partial charge in [0, 0.05) is 24.6 Å². The van der Waals surface area contributed by atoms with E-state index in [-0.39, 0.29) is 18.7 Å². The summed E-state index contributed by atoms with van der Waals surface area (Å²) in [4.78, 5) is 30.7. The van der Waals surface area contributed by atoms with E-state index in [1.807, 2.05) is 6.92 Å². The fourth-order valence-corrected chi connectivity index (χ4v) is 0.619. The standard InChI is InChI=1S/C7H12N2O3/c1-2-5-8-6(10)3-4-7(11)9-12/h2-5H2,1H3,(H,8,10). The minimum absolute atomic E-state index is 0.0462. The Morgan fingerprint density at radius 3 is 2.50 bits per heavy atom. The molecule has 0 fully saturated rings. The number of carbonyl (C=O) groups excluding carboxylic acids is 2. The topological polar surface area (TPSA) is 75.6 Å². The fraction of sp³-hybridized carbons (Fsp3) is 0.714. The highest BCUT2D eigenvalue weighted by Crippen LogP contribution is 1.91. The molecule has 12 heavy (non-hydrogen) atoms. The Morgan fingerprint density at radius 2 is 2.00 bits per heavy atom. The van der Waals surface area contributed by atoms with E-state index in [9.17, 15) is 14.5 Å². The van der Waals surface area contributed by atoms with Gasteiger partial charge in [-0.2, -0.15) is 0 Å². The van der Waals surface area contributed by atoms with Crippen molar-refractivity contribution in [1.82, 2.24) is 5.32 Å². The molecule has 0 unspecified atom stereocenters. The van der Waals surface area contributed by atoms with Gasteiger partial charge in [-0.3, -0.25) is 9.59 Å². The smallest absolute Gasteiger partial charge is 0.286 e. The van der Waals surface area contributed by atoms with E-state index >= 15 is 0 Å². The predicted octanol–water partition coefficient (Wildman–Crippen LogP) is 0.586. The first-order chi connectivity index (χ1) is 5.70. The third-order valence-corrected chi connectivity index (χ3v) is 1.24. The van der Waals surface area contributed by atoms with Gasteiger partial charge in [-0.1, -0.05) is 6.92 Å². The van der Waals surface area contributed by atoms with Gasteiger partial charge in [-0.05, 0) is 6.42 Å². The molecule has 5 heteroatoms. The van der Waals surface area contributed by atoms with Gasteiger partial charge in [0.2, 0.25) is 5.91 Å². The summed E-state index contributed by atoms with van der Waals surface area (Å²) in [6.07, 6.45) is 0.801. The highest BCUT2D eigenvalue weighted by atomic mass is 16.3. The Hall–Kier alpha value is -1.26. The minimum atomic E-state index is -0.776. The molecule has 0 rings (SSSR count). The van der Waals surface area contributed by atoms with Crippen LogP contribution in [0.2, 0.25) is 0 Å². The number of nitrogens with zero attached hydrogens (tertiary/aromatic N) is 1. The van der Waals surface area contributed by atoms with Crippen LogP contribution in [0.5, 0.6) is 0 Å². The molecule has 0 spiro atoms. The van der Waals surface area contributed by atoms with Gasteiger partial charge in [0.1, 0.15) is 0 Å². The molecule has 0 aromatic rings. The maximum absolute atomic E-state index is 10.8. The Morgan fingerprint density at radius 1 is 1.33 bits per heavy atom. The predicted molar refractivity (Wildman–Crippen MR) is 43.3 cm³/mol. The Balaban J connectivity index is 3.43. The van der Waals surface area contributed by atoms with Gasteiger partial charge in [-0.25, -0.2) is 0 Å². The van der Waals surface area contributed by atoms with Gasteiger partial charge >= 0.3 is 0 Å². The number of hydrogen-bond acceptors (Lipinski definition) is 3. The third kappa shape index (κ3) is 5.52. The molecule has 0 heterocycles. The van der Waals surface area contributed by atoms with Crippen LogP contribution >= 0.6 is 0 Å². The number of nitroso groups, excluding NO2 is 1. The van der Waals surface area contributed by atoms with Gasteiger partial charge in [0.15, 0.2) is 0 Å². The molecule has 0 saturated carbocycles. The number of rotatable bonds is 5. The molecule has 0 radical (unpaired) electrons. The second kappa shape index (κ2) is 6.45. The van der Waals surface area contributed by atoms with Crippen LogP contribution in [-0.2, 0) is 9.59 Å². The van der Waals surface area contributed by atoms with Gasteiger partial charge in [-0.15, -0.1) is 4.91 Å². The maximum atomic E-state index is 10.8. The second-order valence-electron chi connectivity index (χ2n) is 2.33. The van der Waals surface area contributed by atoms with Crippen LogP contribution < -0.4 is 5.32 Å². The summed E-state index contributed by atoms with van der Waals surface area (Å²) in [5.41, 5.74) is 0. The first kappa shape index (κ1) is 10.7. The maximum Gasteiger partial charge on any atom is 0.286 e. The molecule has 2 amide bonds. The van der Waals surface area contributed by atoms with Crippen LogP contribution in [0.1, 0.15) is 26.2 Å². The van der Waals surface area contributed by atoms with Crippen molar-refractivity contribution in [2.75, 3.05) is 6.54 Å². The Labute approximate surface area is 70.5 Å². The first-order valence-electron chi connectivity index (χ1n) is 3.83. The molecule has 0 aliphatic heterocycles. The number of carbonyl (C=O) groups is 2. The Kier molecular flexibility index (Phi) is 5.77. The highest BCUT2D eigenvalue weighted by molar-refractivity contribution is 5.83. The molecule has 68 valence electrons. The third-order valence-electron chi connectivity index (χ3n) is 1.24. The van der Waals surface area contributed by atoms with Crippen LogP contribution in [0.25, 0.3) is 0 Å². The first-order valence-corrected chi connectivity index (χ1v) is 3.83. The van der Waals surface area contributed by atoms with Crippen molar-refractivity contribution in [3.8, 4) is 0 Å². The van der Waals surface area contributed by atoms with E-state index < -0.39 is 5.91 Å². The molecule has 0 bridgehead atoms. The summed E-state index contributed by atoms with van der Waals surface area (Å²) >= 11 is 0. The molecular weight excluding hydrogens is 160 g/mol. The van der Waals surface area contributed by atoms with Crippen molar-refractivity contribution in [3.05, 3.63) is 4.91 Å². The summed E-state index contributed by atoms with van der Waals surface area (Å²) in [5.74, 6) is -0.990. The lowest BCUT2D eigenvalue weighted by Gasteiger charge is -1.99. The summed E-state index contributed by atoms with van der Waals surface area (Å²) < 4.78 is 0. The van der Waals surface area contributed by atoms with E-state index in [0.717, 1.165) is 6.42 Å². The molecule has 0 aromatic carbocycles. The quantitative estimate of drug-likeness (QED) is 0.616. The molecule has 0 saturated heterocycles. The SMILES string of the molecule is CCCNC(=O)CCC(=O)N=O. The zero-order valence-corrected chi connectivity index (χ0v) is 7.00. The van der Waals surface area contributed by atoms with E-state index in [0.29, 0.717) is 6.54 Å². The summed E-state index contributed by atoms with van der Waals surface area (Å²) in [6, 6.07) is 0.